The summed E-state index contributed by atoms with van der Waals surface area (Å²) in [6.07, 6.45) is 1.75. The molecule has 18 heavy (non-hydrogen) atoms. The molecule has 1 atom stereocenters. The van der Waals surface area contributed by atoms with Gasteiger partial charge in [0.1, 0.15) is 0 Å². The predicted octanol–water partition coefficient (Wildman–Crippen LogP) is 3.92. The number of hydrogen-bond acceptors (Lipinski definition) is 1. The molecule has 0 aliphatic heterocycles. The van der Waals surface area contributed by atoms with Crippen LogP contribution < -0.4 is 5.32 Å². The number of benzene rings is 1. The summed E-state index contributed by atoms with van der Waals surface area (Å²) in [6.45, 7) is 9.49. The molecule has 0 spiro atoms. The van der Waals surface area contributed by atoms with Crippen LogP contribution in [0.5, 0.6) is 0 Å². The van der Waals surface area contributed by atoms with Crippen LogP contribution >= 0.6 is 0 Å². The van der Waals surface area contributed by atoms with Crippen LogP contribution in [-0.2, 0) is 6.42 Å². The normalized spacial score (nSPS) is 13.7. The van der Waals surface area contributed by atoms with Crippen LogP contribution in [0.4, 0.5) is 8.78 Å². The smallest absolute Gasteiger partial charge is 0.159 e. The van der Waals surface area contributed by atoms with Gasteiger partial charge in [-0.05, 0) is 49.4 Å². The van der Waals surface area contributed by atoms with Gasteiger partial charge in [-0.2, -0.15) is 0 Å². The molecule has 0 saturated heterocycles. The molecule has 0 bridgehead atoms. The molecule has 0 aliphatic rings. The maximum atomic E-state index is 13.2. The van der Waals surface area contributed by atoms with Crippen molar-refractivity contribution in [3.05, 3.63) is 35.4 Å². The Hall–Kier alpha value is -0.960. The van der Waals surface area contributed by atoms with Gasteiger partial charge in [0.05, 0.1) is 0 Å². The molecular weight excluding hydrogens is 232 g/mol. The number of hydrogen-bond donors (Lipinski definition) is 1. The van der Waals surface area contributed by atoms with Crippen LogP contribution in [0.3, 0.4) is 0 Å². The molecule has 102 valence electrons. The number of rotatable bonds is 6. The van der Waals surface area contributed by atoms with Crippen molar-refractivity contribution in [1.29, 1.82) is 0 Å². The number of nitrogens with one attached hydrogen (secondary N) is 1. The summed E-state index contributed by atoms with van der Waals surface area (Å²) in [5.74, 6) is -1.54. The van der Waals surface area contributed by atoms with Crippen LogP contribution in [0.1, 0.15) is 39.7 Å². The van der Waals surface area contributed by atoms with Gasteiger partial charge in [-0.3, -0.25) is 0 Å². The maximum absolute atomic E-state index is 13.2. The molecule has 0 aliphatic carbocycles. The van der Waals surface area contributed by atoms with Gasteiger partial charge in [-0.25, -0.2) is 8.78 Å². The zero-order valence-electron chi connectivity index (χ0n) is 11.7. The zero-order chi connectivity index (χ0) is 13.8. The van der Waals surface area contributed by atoms with E-state index in [0.717, 1.165) is 24.9 Å². The maximum Gasteiger partial charge on any atom is 0.159 e. The average molecular weight is 255 g/mol. The second-order valence-corrected chi connectivity index (χ2v) is 5.75. The monoisotopic (exact) mass is 255 g/mol. The molecule has 0 fully saturated rings. The fourth-order valence-electron chi connectivity index (χ4n) is 2.52. The highest BCUT2D eigenvalue weighted by Gasteiger charge is 2.21. The van der Waals surface area contributed by atoms with Gasteiger partial charge in [0.25, 0.3) is 0 Å². The summed E-state index contributed by atoms with van der Waals surface area (Å²) in [5.41, 5.74) is 0.911. The Morgan fingerprint density at radius 2 is 1.89 bits per heavy atom. The molecule has 1 rings (SSSR count). The van der Waals surface area contributed by atoms with Crippen molar-refractivity contribution in [1.82, 2.24) is 5.32 Å². The quantitative estimate of drug-likeness (QED) is 0.812. The van der Waals surface area contributed by atoms with E-state index in [2.05, 4.69) is 33.0 Å². The van der Waals surface area contributed by atoms with Gasteiger partial charge in [-0.1, -0.05) is 26.8 Å². The molecular formula is C15H23F2N. The molecule has 1 nitrogen and oxygen atoms in total. The third-order valence-electron chi connectivity index (χ3n) is 3.08. The molecule has 0 radical (unpaired) electrons. The van der Waals surface area contributed by atoms with E-state index >= 15 is 0 Å². The van der Waals surface area contributed by atoms with E-state index in [1.54, 1.807) is 6.07 Å². The molecule has 0 amide bonds. The minimum atomic E-state index is -0.780. The van der Waals surface area contributed by atoms with Gasteiger partial charge in [-0.15, -0.1) is 0 Å². The lowest BCUT2D eigenvalue weighted by Crippen LogP contribution is -2.32. The molecule has 0 saturated carbocycles. The Kier molecular flexibility index (Phi) is 5.27. The van der Waals surface area contributed by atoms with Crippen LogP contribution in [0.15, 0.2) is 18.2 Å². The molecule has 3 heteroatoms. The standard InChI is InChI=1S/C15H23F2N/c1-5-18-11(2)9-15(3,4)10-12-6-7-13(16)14(17)8-12/h6-8,11,18H,5,9-10H2,1-4H3. The Morgan fingerprint density at radius 1 is 1.22 bits per heavy atom. The molecule has 1 unspecified atom stereocenters. The van der Waals surface area contributed by atoms with Gasteiger partial charge < -0.3 is 5.32 Å². The van der Waals surface area contributed by atoms with Crippen molar-refractivity contribution in [3.63, 3.8) is 0 Å². The third kappa shape index (κ3) is 4.73. The van der Waals surface area contributed by atoms with Gasteiger partial charge >= 0.3 is 0 Å². The zero-order valence-corrected chi connectivity index (χ0v) is 11.7. The van der Waals surface area contributed by atoms with Crippen molar-refractivity contribution in [2.75, 3.05) is 6.54 Å². The summed E-state index contributed by atoms with van der Waals surface area (Å²) in [5, 5.41) is 3.37. The number of halogens is 2. The second-order valence-electron chi connectivity index (χ2n) is 5.75. The van der Waals surface area contributed by atoms with Crippen LogP contribution in [-0.4, -0.2) is 12.6 Å². The van der Waals surface area contributed by atoms with Crippen LogP contribution in [0.25, 0.3) is 0 Å². The van der Waals surface area contributed by atoms with E-state index < -0.39 is 11.6 Å². The van der Waals surface area contributed by atoms with Crippen LogP contribution in [0, 0.1) is 17.0 Å². The first kappa shape index (κ1) is 15.1. The Balaban J connectivity index is 2.66. The third-order valence-corrected chi connectivity index (χ3v) is 3.08. The first-order valence-corrected chi connectivity index (χ1v) is 6.51. The Morgan fingerprint density at radius 3 is 2.44 bits per heavy atom. The summed E-state index contributed by atoms with van der Waals surface area (Å²) < 4.78 is 26.0. The van der Waals surface area contributed by atoms with E-state index in [4.69, 9.17) is 0 Å². The van der Waals surface area contributed by atoms with Crippen LogP contribution in [0.2, 0.25) is 0 Å². The van der Waals surface area contributed by atoms with Gasteiger partial charge in [0.15, 0.2) is 11.6 Å². The summed E-state index contributed by atoms with van der Waals surface area (Å²) in [4.78, 5) is 0. The summed E-state index contributed by atoms with van der Waals surface area (Å²) in [6, 6.07) is 4.59. The highest BCUT2D eigenvalue weighted by atomic mass is 19.2. The van der Waals surface area contributed by atoms with Crippen molar-refractivity contribution in [2.24, 2.45) is 5.41 Å². The molecule has 0 heterocycles. The molecule has 1 aromatic carbocycles. The van der Waals surface area contributed by atoms with E-state index in [1.807, 2.05) is 0 Å². The average Bonchev–Trinajstić information content (AvgIpc) is 2.22. The summed E-state index contributed by atoms with van der Waals surface area (Å²) in [7, 11) is 0. The molecule has 1 N–H and O–H groups in total. The minimum Gasteiger partial charge on any atom is -0.315 e. The summed E-state index contributed by atoms with van der Waals surface area (Å²) >= 11 is 0. The first-order chi connectivity index (χ1) is 8.34. The van der Waals surface area contributed by atoms with Crippen molar-refractivity contribution in [2.45, 2.75) is 46.6 Å². The van der Waals surface area contributed by atoms with Gasteiger partial charge in [0, 0.05) is 6.04 Å². The topological polar surface area (TPSA) is 12.0 Å². The minimum absolute atomic E-state index is 0.0614. The van der Waals surface area contributed by atoms with E-state index in [-0.39, 0.29) is 5.41 Å². The predicted molar refractivity (Wildman–Crippen MR) is 71.6 cm³/mol. The van der Waals surface area contributed by atoms with Crippen molar-refractivity contribution in [3.8, 4) is 0 Å². The lowest BCUT2D eigenvalue weighted by molar-refractivity contribution is 0.288. The Bertz CT molecular complexity index is 388. The lowest BCUT2D eigenvalue weighted by atomic mass is 9.80. The SMILES string of the molecule is CCNC(C)CC(C)(C)Cc1ccc(F)c(F)c1. The van der Waals surface area contributed by atoms with Crippen molar-refractivity contribution < 1.29 is 8.78 Å². The largest absolute Gasteiger partial charge is 0.315 e. The van der Waals surface area contributed by atoms with E-state index in [0.29, 0.717) is 6.04 Å². The fourth-order valence-corrected chi connectivity index (χ4v) is 2.52. The molecule has 0 aromatic heterocycles. The van der Waals surface area contributed by atoms with Gasteiger partial charge in [0.2, 0.25) is 0 Å². The fraction of sp³-hybridized carbons (Fsp3) is 0.600. The molecule has 1 aromatic rings. The lowest BCUT2D eigenvalue weighted by Gasteiger charge is -2.28. The Labute approximate surface area is 109 Å². The van der Waals surface area contributed by atoms with E-state index in [9.17, 15) is 8.78 Å². The highest BCUT2D eigenvalue weighted by Crippen LogP contribution is 2.28. The second kappa shape index (κ2) is 6.28. The van der Waals surface area contributed by atoms with Crippen molar-refractivity contribution >= 4 is 0 Å². The highest BCUT2D eigenvalue weighted by molar-refractivity contribution is 5.19. The van der Waals surface area contributed by atoms with E-state index in [1.165, 1.54) is 12.1 Å². The first-order valence-electron chi connectivity index (χ1n) is 6.51.